The first-order chi connectivity index (χ1) is 15.1. The van der Waals surface area contributed by atoms with Crippen molar-refractivity contribution in [3.05, 3.63) is 88.3 Å². The molecule has 4 rings (SSSR count). The highest BCUT2D eigenvalue weighted by molar-refractivity contribution is 9.10. The molecule has 0 aliphatic carbocycles. The van der Waals surface area contributed by atoms with Gasteiger partial charge in [-0.25, -0.2) is 4.98 Å². The van der Waals surface area contributed by atoms with Crippen molar-refractivity contribution in [1.29, 1.82) is 0 Å². The molecule has 1 aromatic carbocycles. The van der Waals surface area contributed by atoms with Gasteiger partial charge in [-0.1, -0.05) is 36.4 Å². The number of halogens is 1. The number of anilines is 1. The van der Waals surface area contributed by atoms with Crippen LogP contribution in [0.15, 0.2) is 71.5 Å². The van der Waals surface area contributed by atoms with Crippen LogP contribution < -0.4 is 4.90 Å². The molecule has 1 saturated heterocycles. The van der Waals surface area contributed by atoms with E-state index in [4.69, 9.17) is 0 Å². The summed E-state index contributed by atoms with van der Waals surface area (Å²) in [5.41, 5.74) is 1.91. The molecule has 31 heavy (non-hydrogen) atoms. The molecule has 1 aliphatic rings. The highest BCUT2D eigenvalue weighted by Gasteiger charge is 2.21. The Morgan fingerprint density at radius 1 is 0.935 bits per heavy atom. The first-order valence-corrected chi connectivity index (χ1v) is 11.1. The first kappa shape index (κ1) is 21.2. The van der Waals surface area contributed by atoms with E-state index in [0.29, 0.717) is 30.8 Å². The SMILES string of the molecule is O=C(c1cncc(Br)c1)c1cccc(N2CCCN(C(=O)Cc3ccccc3)CC2)n1. The van der Waals surface area contributed by atoms with Gasteiger partial charge in [-0.15, -0.1) is 0 Å². The van der Waals surface area contributed by atoms with Crippen LogP contribution in [0.1, 0.15) is 28.0 Å². The highest BCUT2D eigenvalue weighted by atomic mass is 79.9. The van der Waals surface area contributed by atoms with Gasteiger partial charge in [-0.2, -0.15) is 0 Å². The largest absolute Gasteiger partial charge is 0.355 e. The Labute approximate surface area is 190 Å². The number of nitrogens with zero attached hydrogens (tertiary/aromatic N) is 4. The maximum Gasteiger partial charge on any atom is 0.227 e. The van der Waals surface area contributed by atoms with Crippen molar-refractivity contribution in [1.82, 2.24) is 14.9 Å². The zero-order valence-electron chi connectivity index (χ0n) is 17.1. The molecule has 1 amide bonds. The molecule has 7 heteroatoms. The third-order valence-electron chi connectivity index (χ3n) is 5.30. The van der Waals surface area contributed by atoms with Crippen molar-refractivity contribution in [2.45, 2.75) is 12.8 Å². The number of carbonyl (C=O) groups is 2. The summed E-state index contributed by atoms with van der Waals surface area (Å²) in [4.78, 5) is 38.3. The Bertz CT molecular complexity index is 1070. The highest BCUT2D eigenvalue weighted by Crippen LogP contribution is 2.18. The number of ketones is 1. The molecule has 3 aromatic rings. The van der Waals surface area contributed by atoms with E-state index in [1.807, 2.05) is 47.4 Å². The quantitative estimate of drug-likeness (QED) is 0.522. The summed E-state index contributed by atoms with van der Waals surface area (Å²) in [6.45, 7) is 2.84. The van der Waals surface area contributed by atoms with Crippen molar-refractivity contribution >= 4 is 33.4 Å². The van der Waals surface area contributed by atoms with Crippen LogP contribution in [0.2, 0.25) is 0 Å². The van der Waals surface area contributed by atoms with Crippen LogP contribution in [0.4, 0.5) is 5.82 Å². The predicted octanol–water partition coefficient (Wildman–Crippen LogP) is 3.75. The molecule has 0 radical (unpaired) electrons. The summed E-state index contributed by atoms with van der Waals surface area (Å²) in [5.74, 6) is 0.739. The van der Waals surface area contributed by atoms with E-state index in [9.17, 15) is 9.59 Å². The molecule has 0 bridgehead atoms. The third-order valence-corrected chi connectivity index (χ3v) is 5.74. The van der Waals surface area contributed by atoms with Gasteiger partial charge in [0.15, 0.2) is 0 Å². The second-order valence-electron chi connectivity index (χ2n) is 7.49. The fourth-order valence-electron chi connectivity index (χ4n) is 3.69. The minimum absolute atomic E-state index is 0.145. The lowest BCUT2D eigenvalue weighted by Crippen LogP contribution is -2.36. The normalized spacial score (nSPS) is 14.2. The summed E-state index contributed by atoms with van der Waals surface area (Å²) in [5, 5.41) is 0. The van der Waals surface area contributed by atoms with E-state index in [2.05, 4.69) is 30.8 Å². The van der Waals surface area contributed by atoms with Crippen LogP contribution in [-0.4, -0.2) is 52.7 Å². The van der Waals surface area contributed by atoms with E-state index in [-0.39, 0.29) is 11.7 Å². The number of aromatic nitrogens is 2. The Hall–Kier alpha value is -3.06. The van der Waals surface area contributed by atoms with Crippen molar-refractivity contribution in [3.8, 4) is 0 Å². The summed E-state index contributed by atoms with van der Waals surface area (Å²) < 4.78 is 0.752. The zero-order valence-corrected chi connectivity index (χ0v) is 18.7. The Balaban J connectivity index is 1.43. The van der Waals surface area contributed by atoms with E-state index >= 15 is 0 Å². The fourth-order valence-corrected chi connectivity index (χ4v) is 4.05. The van der Waals surface area contributed by atoms with Crippen LogP contribution in [0, 0.1) is 0 Å². The lowest BCUT2D eigenvalue weighted by atomic mass is 10.1. The number of amides is 1. The summed E-state index contributed by atoms with van der Waals surface area (Å²) in [7, 11) is 0. The van der Waals surface area contributed by atoms with Crippen molar-refractivity contribution in [2.24, 2.45) is 0 Å². The molecule has 0 spiro atoms. The van der Waals surface area contributed by atoms with E-state index in [0.717, 1.165) is 35.4 Å². The minimum Gasteiger partial charge on any atom is -0.355 e. The average Bonchev–Trinajstić information content (AvgIpc) is 3.06. The second kappa shape index (κ2) is 9.83. The number of hydrogen-bond donors (Lipinski definition) is 0. The standard InChI is InChI=1S/C24H23BrN4O2/c25-20-15-19(16-26-17-20)24(31)21-8-4-9-22(27-21)28-10-5-11-29(13-12-28)23(30)14-18-6-2-1-3-7-18/h1-4,6-9,15-17H,5,10-14H2. The third kappa shape index (κ3) is 5.35. The molecule has 0 N–H and O–H groups in total. The van der Waals surface area contributed by atoms with Crippen molar-refractivity contribution in [3.63, 3.8) is 0 Å². The molecule has 1 aliphatic heterocycles. The number of carbonyl (C=O) groups excluding carboxylic acids is 2. The van der Waals surface area contributed by atoms with Gasteiger partial charge in [0.1, 0.15) is 11.5 Å². The molecule has 2 aromatic heterocycles. The zero-order chi connectivity index (χ0) is 21.6. The number of benzene rings is 1. The van der Waals surface area contributed by atoms with Crippen molar-refractivity contribution in [2.75, 3.05) is 31.1 Å². The number of rotatable bonds is 5. The van der Waals surface area contributed by atoms with Crippen molar-refractivity contribution < 1.29 is 9.59 Å². The molecule has 158 valence electrons. The lowest BCUT2D eigenvalue weighted by Gasteiger charge is -2.23. The van der Waals surface area contributed by atoms with Gasteiger partial charge in [0, 0.05) is 48.6 Å². The Morgan fingerprint density at radius 2 is 1.77 bits per heavy atom. The second-order valence-corrected chi connectivity index (χ2v) is 8.40. The van der Waals surface area contributed by atoms with Gasteiger partial charge < -0.3 is 9.80 Å². The van der Waals surface area contributed by atoms with Crippen LogP contribution in [0.25, 0.3) is 0 Å². The molecule has 3 heterocycles. The maximum absolute atomic E-state index is 12.8. The van der Waals surface area contributed by atoms with Crippen LogP contribution in [-0.2, 0) is 11.2 Å². The number of pyridine rings is 2. The summed E-state index contributed by atoms with van der Waals surface area (Å²) >= 11 is 3.35. The monoisotopic (exact) mass is 478 g/mol. The van der Waals surface area contributed by atoms with E-state index in [1.54, 1.807) is 24.5 Å². The summed E-state index contributed by atoms with van der Waals surface area (Å²) in [6.07, 6.45) is 4.46. The molecule has 0 unspecified atom stereocenters. The molecular formula is C24H23BrN4O2. The van der Waals surface area contributed by atoms with Crippen LogP contribution in [0.5, 0.6) is 0 Å². The van der Waals surface area contributed by atoms with E-state index in [1.165, 1.54) is 0 Å². The first-order valence-electron chi connectivity index (χ1n) is 10.3. The van der Waals surface area contributed by atoms with E-state index < -0.39 is 0 Å². The lowest BCUT2D eigenvalue weighted by molar-refractivity contribution is -0.130. The molecule has 6 nitrogen and oxygen atoms in total. The molecule has 0 atom stereocenters. The fraction of sp³-hybridized carbons (Fsp3) is 0.250. The van der Waals surface area contributed by atoms with Gasteiger partial charge >= 0.3 is 0 Å². The topological polar surface area (TPSA) is 66.4 Å². The average molecular weight is 479 g/mol. The van der Waals surface area contributed by atoms with Gasteiger partial charge in [0.25, 0.3) is 0 Å². The molecule has 0 saturated carbocycles. The Morgan fingerprint density at radius 3 is 2.58 bits per heavy atom. The van der Waals surface area contributed by atoms with Crippen LogP contribution >= 0.6 is 15.9 Å². The summed E-state index contributed by atoms with van der Waals surface area (Å²) in [6, 6.07) is 17.1. The Kier molecular flexibility index (Phi) is 6.72. The number of hydrogen-bond acceptors (Lipinski definition) is 5. The maximum atomic E-state index is 12.8. The smallest absolute Gasteiger partial charge is 0.227 e. The molecule has 1 fully saturated rings. The van der Waals surface area contributed by atoms with Gasteiger partial charge in [0.05, 0.1) is 6.42 Å². The van der Waals surface area contributed by atoms with Gasteiger partial charge in [-0.3, -0.25) is 14.6 Å². The van der Waals surface area contributed by atoms with Gasteiger partial charge in [0.2, 0.25) is 11.7 Å². The molecular weight excluding hydrogens is 456 g/mol. The van der Waals surface area contributed by atoms with Crippen LogP contribution in [0.3, 0.4) is 0 Å². The minimum atomic E-state index is -0.162. The van der Waals surface area contributed by atoms with Gasteiger partial charge in [-0.05, 0) is 46.1 Å². The predicted molar refractivity (Wildman–Crippen MR) is 123 cm³/mol.